The Labute approximate surface area is 125 Å². The molecule has 7 heteroatoms. The SMILES string of the molecule is CCN(CC(O)CN(C)C)S(=O)(=O)c1c[c]ccc1Cl. The van der Waals surface area contributed by atoms with Crippen LogP contribution in [-0.2, 0) is 10.0 Å². The van der Waals surface area contributed by atoms with Gasteiger partial charge in [0, 0.05) is 19.6 Å². The van der Waals surface area contributed by atoms with Crippen molar-refractivity contribution in [3.63, 3.8) is 0 Å². The van der Waals surface area contributed by atoms with Gasteiger partial charge >= 0.3 is 0 Å². The summed E-state index contributed by atoms with van der Waals surface area (Å²) in [6, 6.07) is 7.10. The van der Waals surface area contributed by atoms with Crippen molar-refractivity contribution in [2.24, 2.45) is 0 Å². The Morgan fingerprint density at radius 3 is 2.55 bits per heavy atom. The maximum atomic E-state index is 12.5. The first-order valence-electron chi connectivity index (χ1n) is 6.27. The largest absolute Gasteiger partial charge is 0.390 e. The molecule has 1 aromatic rings. The van der Waals surface area contributed by atoms with Gasteiger partial charge in [0.1, 0.15) is 4.90 Å². The third kappa shape index (κ3) is 4.43. The van der Waals surface area contributed by atoms with Crippen molar-refractivity contribution in [1.29, 1.82) is 0 Å². The minimum atomic E-state index is -3.72. The van der Waals surface area contributed by atoms with E-state index < -0.39 is 16.1 Å². The number of nitrogens with zero attached hydrogens (tertiary/aromatic N) is 2. The predicted molar refractivity (Wildman–Crippen MR) is 79.3 cm³/mol. The van der Waals surface area contributed by atoms with E-state index in [0.717, 1.165) is 0 Å². The molecule has 0 amide bonds. The Morgan fingerprint density at radius 1 is 1.40 bits per heavy atom. The summed E-state index contributed by atoms with van der Waals surface area (Å²) >= 11 is 5.93. The van der Waals surface area contributed by atoms with Crippen LogP contribution in [0.1, 0.15) is 6.92 Å². The van der Waals surface area contributed by atoms with Gasteiger partial charge in [-0.1, -0.05) is 24.6 Å². The Balaban J connectivity index is 2.96. The fourth-order valence-electron chi connectivity index (χ4n) is 1.84. The zero-order valence-electron chi connectivity index (χ0n) is 11.9. The minimum Gasteiger partial charge on any atom is -0.390 e. The first kappa shape index (κ1) is 17.4. The summed E-state index contributed by atoms with van der Waals surface area (Å²) < 4.78 is 26.2. The van der Waals surface area contributed by atoms with Gasteiger partial charge in [-0.2, -0.15) is 4.31 Å². The number of aliphatic hydroxyl groups is 1. The third-order valence-corrected chi connectivity index (χ3v) is 5.16. The van der Waals surface area contributed by atoms with Crippen LogP contribution in [0.2, 0.25) is 5.02 Å². The molecule has 1 rings (SSSR count). The molecule has 0 fully saturated rings. The number of rotatable bonds is 7. The van der Waals surface area contributed by atoms with Crippen molar-refractivity contribution >= 4 is 21.6 Å². The normalized spacial score (nSPS) is 13.9. The van der Waals surface area contributed by atoms with Crippen molar-refractivity contribution in [3.8, 4) is 0 Å². The molecule has 113 valence electrons. The smallest absolute Gasteiger partial charge is 0.244 e. The predicted octanol–water partition coefficient (Wildman–Crippen LogP) is 1.07. The molecule has 0 heterocycles. The Morgan fingerprint density at radius 2 is 2.05 bits per heavy atom. The van der Waals surface area contributed by atoms with E-state index in [1.807, 2.05) is 14.1 Å². The Bertz CT molecular complexity index is 534. The molecule has 20 heavy (non-hydrogen) atoms. The number of sulfonamides is 1. The second-order valence-electron chi connectivity index (χ2n) is 4.73. The highest BCUT2D eigenvalue weighted by Gasteiger charge is 2.27. The molecule has 0 spiro atoms. The number of aliphatic hydroxyl groups excluding tert-OH is 1. The van der Waals surface area contributed by atoms with Crippen molar-refractivity contribution in [2.75, 3.05) is 33.7 Å². The number of benzene rings is 1. The van der Waals surface area contributed by atoms with Crippen LogP contribution in [0.4, 0.5) is 0 Å². The van der Waals surface area contributed by atoms with E-state index in [0.29, 0.717) is 6.54 Å². The molecule has 0 aliphatic carbocycles. The number of hydrogen-bond acceptors (Lipinski definition) is 4. The monoisotopic (exact) mass is 319 g/mol. The fraction of sp³-hybridized carbons (Fsp3) is 0.538. The van der Waals surface area contributed by atoms with E-state index in [2.05, 4.69) is 6.07 Å². The summed E-state index contributed by atoms with van der Waals surface area (Å²) in [5.74, 6) is 0. The molecule has 0 aliphatic heterocycles. The summed E-state index contributed by atoms with van der Waals surface area (Å²) in [7, 11) is -0.0881. The van der Waals surface area contributed by atoms with E-state index in [1.54, 1.807) is 17.9 Å². The van der Waals surface area contributed by atoms with E-state index in [1.165, 1.54) is 16.4 Å². The van der Waals surface area contributed by atoms with Crippen LogP contribution in [0.25, 0.3) is 0 Å². The summed E-state index contributed by atoms with van der Waals surface area (Å²) in [5, 5.41) is 10.1. The fourth-order valence-corrected chi connectivity index (χ4v) is 3.77. The summed E-state index contributed by atoms with van der Waals surface area (Å²) in [4.78, 5) is 1.81. The molecule has 1 unspecified atom stereocenters. The maximum absolute atomic E-state index is 12.5. The third-order valence-electron chi connectivity index (χ3n) is 2.74. The maximum Gasteiger partial charge on any atom is 0.244 e. The van der Waals surface area contributed by atoms with E-state index in [4.69, 9.17) is 11.6 Å². The summed E-state index contributed by atoms with van der Waals surface area (Å²) in [6.07, 6.45) is -0.758. The number of hydrogen-bond donors (Lipinski definition) is 1. The first-order chi connectivity index (χ1) is 9.28. The molecule has 0 saturated heterocycles. The molecule has 0 aromatic heterocycles. The van der Waals surface area contributed by atoms with Crippen molar-refractivity contribution in [2.45, 2.75) is 17.9 Å². The molecular weight excluding hydrogens is 300 g/mol. The van der Waals surface area contributed by atoms with Crippen molar-refractivity contribution < 1.29 is 13.5 Å². The lowest BCUT2D eigenvalue weighted by molar-refractivity contribution is 0.115. The second kappa shape index (κ2) is 7.38. The van der Waals surface area contributed by atoms with Gasteiger partial charge in [-0.15, -0.1) is 0 Å². The van der Waals surface area contributed by atoms with Gasteiger partial charge in [0.05, 0.1) is 11.1 Å². The number of halogens is 1. The van der Waals surface area contributed by atoms with Gasteiger partial charge in [-0.25, -0.2) is 8.42 Å². The molecule has 1 radical (unpaired) electrons. The van der Waals surface area contributed by atoms with Gasteiger partial charge in [-0.05, 0) is 32.3 Å². The van der Waals surface area contributed by atoms with Gasteiger partial charge in [-0.3, -0.25) is 0 Å². The van der Waals surface area contributed by atoms with Crippen LogP contribution >= 0.6 is 11.6 Å². The van der Waals surface area contributed by atoms with Gasteiger partial charge in [0.25, 0.3) is 0 Å². The molecule has 0 saturated carbocycles. The Hall–Kier alpha value is -0.660. The quantitative estimate of drug-likeness (QED) is 0.817. The summed E-state index contributed by atoms with van der Waals surface area (Å²) in [6.45, 7) is 2.40. The molecule has 0 aliphatic rings. The minimum absolute atomic E-state index is 0.0144. The van der Waals surface area contributed by atoms with E-state index in [-0.39, 0.29) is 23.0 Å². The van der Waals surface area contributed by atoms with Crippen LogP contribution in [0.5, 0.6) is 0 Å². The lowest BCUT2D eigenvalue weighted by Gasteiger charge is -2.25. The topological polar surface area (TPSA) is 60.9 Å². The van der Waals surface area contributed by atoms with Crippen LogP contribution in [-0.4, -0.2) is 62.6 Å². The summed E-state index contributed by atoms with van der Waals surface area (Å²) in [5.41, 5.74) is 0. The molecule has 5 nitrogen and oxygen atoms in total. The van der Waals surface area contributed by atoms with Gasteiger partial charge in [0.15, 0.2) is 0 Å². The van der Waals surface area contributed by atoms with Gasteiger partial charge in [0.2, 0.25) is 10.0 Å². The molecule has 1 atom stereocenters. The Kier molecular flexibility index (Phi) is 6.42. The van der Waals surface area contributed by atoms with E-state index in [9.17, 15) is 13.5 Å². The lowest BCUT2D eigenvalue weighted by Crippen LogP contribution is -2.41. The second-order valence-corrected chi connectivity index (χ2v) is 7.04. The highest BCUT2D eigenvalue weighted by molar-refractivity contribution is 7.89. The highest BCUT2D eigenvalue weighted by Crippen LogP contribution is 2.24. The first-order valence-corrected chi connectivity index (χ1v) is 8.09. The average molecular weight is 320 g/mol. The van der Waals surface area contributed by atoms with Crippen LogP contribution in [0.15, 0.2) is 23.1 Å². The molecule has 1 aromatic carbocycles. The zero-order chi connectivity index (χ0) is 15.3. The van der Waals surface area contributed by atoms with E-state index >= 15 is 0 Å². The molecule has 1 N–H and O–H groups in total. The van der Waals surface area contributed by atoms with Crippen molar-refractivity contribution in [3.05, 3.63) is 29.3 Å². The molecular formula is C13H20ClN2O3S. The lowest BCUT2D eigenvalue weighted by atomic mass is 10.3. The van der Waals surface area contributed by atoms with Crippen LogP contribution < -0.4 is 0 Å². The van der Waals surface area contributed by atoms with Crippen LogP contribution in [0, 0.1) is 6.07 Å². The van der Waals surface area contributed by atoms with Gasteiger partial charge < -0.3 is 10.0 Å². The van der Waals surface area contributed by atoms with Crippen molar-refractivity contribution in [1.82, 2.24) is 9.21 Å². The van der Waals surface area contributed by atoms with Crippen LogP contribution in [0.3, 0.4) is 0 Å². The number of likely N-dealkylation sites (N-methyl/N-ethyl adjacent to an activating group) is 2. The zero-order valence-corrected chi connectivity index (χ0v) is 13.4. The standard InChI is InChI=1S/C13H20ClN2O3S/c1-4-16(10-11(17)9-15(2)3)20(18,19)13-8-6-5-7-12(13)14/h5,7-8,11,17H,4,9-10H2,1-3H3. The molecule has 0 bridgehead atoms. The average Bonchev–Trinajstić information content (AvgIpc) is 2.35. The highest BCUT2D eigenvalue weighted by atomic mass is 35.5.